The largest absolute Gasteiger partial charge is 0.392 e. The van der Waals surface area contributed by atoms with E-state index in [2.05, 4.69) is 26.1 Å². The van der Waals surface area contributed by atoms with Crippen LogP contribution in [0.3, 0.4) is 0 Å². The summed E-state index contributed by atoms with van der Waals surface area (Å²) >= 11 is 6.47. The molecule has 2 N–H and O–H groups in total. The van der Waals surface area contributed by atoms with E-state index in [1.165, 1.54) is 4.31 Å². The molecule has 0 aromatic rings. The third kappa shape index (κ3) is 4.20. The molecule has 1 aliphatic rings. The number of thioether (sulfide) groups is 1. The van der Waals surface area contributed by atoms with E-state index in [4.69, 9.17) is 5.73 Å². The van der Waals surface area contributed by atoms with Gasteiger partial charge in [-0.25, -0.2) is 12.7 Å². The van der Waals surface area contributed by atoms with E-state index in [-0.39, 0.29) is 15.5 Å². The van der Waals surface area contributed by atoms with Crippen LogP contribution in [-0.4, -0.2) is 47.1 Å². The first-order valence-electron chi connectivity index (χ1n) is 5.13. The van der Waals surface area contributed by atoms with Gasteiger partial charge < -0.3 is 5.73 Å². The predicted octanol–water partition coefficient (Wildman–Crippen LogP) is 0.820. The molecule has 0 amide bonds. The molecule has 1 rings (SSSR count). The summed E-state index contributed by atoms with van der Waals surface area (Å²) in [5, 5.41) is 0. The summed E-state index contributed by atoms with van der Waals surface area (Å²) in [6.07, 6.45) is 0.855. The Hall–Kier alpha value is 0.150. The molecule has 94 valence electrons. The maximum absolute atomic E-state index is 11.9. The maximum Gasteiger partial charge on any atom is 0.220 e. The van der Waals surface area contributed by atoms with Crippen LogP contribution in [0.2, 0.25) is 0 Å². The number of hydrogen-bond donors (Lipinski definition) is 1. The zero-order valence-electron chi connectivity index (χ0n) is 9.60. The lowest BCUT2D eigenvalue weighted by Gasteiger charge is -2.22. The van der Waals surface area contributed by atoms with Gasteiger partial charge in [-0.2, -0.15) is 11.8 Å². The van der Waals surface area contributed by atoms with E-state index in [9.17, 15) is 8.42 Å². The molecule has 4 nitrogen and oxygen atoms in total. The third-order valence-electron chi connectivity index (χ3n) is 2.51. The van der Waals surface area contributed by atoms with Gasteiger partial charge in [0.15, 0.2) is 0 Å². The molecular formula is C9H18N2O2S3. The van der Waals surface area contributed by atoms with Gasteiger partial charge in [0.2, 0.25) is 10.0 Å². The average Bonchev–Trinajstić information content (AvgIpc) is 2.24. The van der Waals surface area contributed by atoms with E-state index in [1.807, 2.05) is 11.8 Å². The second-order valence-corrected chi connectivity index (χ2v) is 8.78. The van der Waals surface area contributed by atoms with Crippen molar-refractivity contribution in [1.29, 1.82) is 0 Å². The SMILES string of the molecule is CC1(C)CCN(S(=O)(=O)CC(N)=S)CCS1. The highest BCUT2D eigenvalue weighted by Gasteiger charge is 2.29. The molecule has 16 heavy (non-hydrogen) atoms. The molecule has 0 saturated carbocycles. The van der Waals surface area contributed by atoms with Gasteiger partial charge in [-0.3, -0.25) is 0 Å². The number of rotatable bonds is 3. The molecule has 0 spiro atoms. The van der Waals surface area contributed by atoms with Crippen LogP contribution in [0.15, 0.2) is 0 Å². The smallest absolute Gasteiger partial charge is 0.220 e. The minimum Gasteiger partial charge on any atom is -0.392 e. The highest BCUT2D eigenvalue weighted by atomic mass is 32.2. The van der Waals surface area contributed by atoms with Gasteiger partial charge in [0.05, 0.1) is 4.99 Å². The van der Waals surface area contributed by atoms with Crippen LogP contribution in [0.5, 0.6) is 0 Å². The molecule has 0 aromatic heterocycles. The minimum atomic E-state index is -3.30. The molecule has 0 unspecified atom stereocenters. The van der Waals surface area contributed by atoms with Crippen molar-refractivity contribution in [2.45, 2.75) is 25.0 Å². The van der Waals surface area contributed by atoms with E-state index < -0.39 is 10.0 Å². The fourth-order valence-corrected chi connectivity index (χ4v) is 4.49. The lowest BCUT2D eigenvalue weighted by atomic mass is 10.1. The molecule has 0 aromatic carbocycles. The van der Waals surface area contributed by atoms with Crippen LogP contribution in [0, 0.1) is 0 Å². The van der Waals surface area contributed by atoms with Crippen molar-refractivity contribution < 1.29 is 8.42 Å². The quantitative estimate of drug-likeness (QED) is 0.777. The summed E-state index contributed by atoms with van der Waals surface area (Å²) in [5.74, 6) is 0.608. The molecule has 1 aliphatic heterocycles. The monoisotopic (exact) mass is 282 g/mol. The Labute approximate surface area is 107 Å². The van der Waals surface area contributed by atoms with Gasteiger partial charge in [-0.05, 0) is 6.42 Å². The topological polar surface area (TPSA) is 63.4 Å². The Balaban J connectivity index is 2.71. The Morgan fingerprint density at radius 2 is 2.12 bits per heavy atom. The zero-order valence-corrected chi connectivity index (χ0v) is 12.1. The van der Waals surface area contributed by atoms with Gasteiger partial charge in [-0.15, -0.1) is 0 Å². The number of sulfonamides is 1. The summed E-state index contributed by atoms with van der Waals surface area (Å²) in [6, 6.07) is 0. The fraction of sp³-hybridized carbons (Fsp3) is 0.889. The van der Waals surface area contributed by atoms with Crippen molar-refractivity contribution in [3.63, 3.8) is 0 Å². The van der Waals surface area contributed by atoms with Crippen molar-refractivity contribution in [1.82, 2.24) is 4.31 Å². The summed E-state index contributed by atoms with van der Waals surface area (Å²) in [6.45, 7) is 5.40. The first-order chi connectivity index (χ1) is 7.23. The molecule has 1 saturated heterocycles. The standard InChI is InChI=1S/C9H18N2O2S3/c1-9(2)3-4-11(5-6-15-9)16(12,13)7-8(10)14/h3-7H2,1-2H3,(H2,10,14). The lowest BCUT2D eigenvalue weighted by Crippen LogP contribution is -2.38. The summed E-state index contributed by atoms with van der Waals surface area (Å²) in [7, 11) is -3.30. The Morgan fingerprint density at radius 1 is 1.50 bits per heavy atom. The normalized spacial score (nSPS) is 22.6. The van der Waals surface area contributed by atoms with Crippen LogP contribution < -0.4 is 5.73 Å². The molecule has 0 bridgehead atoms. The Bertz CT molecular complexity index is 365. The van der Waals surface area contributed by atoms with Gasteiger partial charge in [0.25, 0.3) is 0 Å². The van der Waals surface area contributed by atoms with E-state index in [0.717, 1.165) is 12.2 Å². The first-order valence-corrected chi connectivity index (χ1v) is 8.13. The minimum absolute atomic E-state index is 0.0381. The molecule has 0 radical (unpaired) electrons. The maximum atomic E-state index is 11.9. The van der Waals surface area contributed by atoms with Crippen molar-refractivity contribution in [3.8, 4) is 0 Å². The Morgan fingerprint density at radius 3 is 2.69 bits per heavy atom. The third-order valence-corrected chi connectivity index (χ3v) is 6.04. The van der Waals surface area contributed by atoms with Crippen molar-refractivity contribution in [3.05, 3.63) is 0 Å². The van der Waals surface area contributed by atoms with Crippen LogP contribution in [-0.2, 0) is 10.0 Å². The van der Waals surface area contributed by atoms with Crippen LogP contribution in [0.1, 0.15) is 20.3 Å². The number of nitrogens with two attached hydrogens (primary N) is 1. The molecule has 7 heteroatoms. The van der Waals surface area contributed by atoms with Crippen molar-refractivity contribution in [2.24, 2.45) is 5.73 Å². The van der Waals surface area contributed by atoms with Crippen LogP contribution in [0.25, 0.3) is 0 Å². The van der Waals surface area contributed by atoms with E-state index in [0.29, 0.717) is 13.1 Å². The molecule has 0 aliphatic carbocycles. The molecule has 1 fully saturated rings. The van der Waals surface area contributed by atoms with Gasteiger partial charge in [-0.1, -0.05) is 26.1 Å². The Kier molecular flexibility index (Phi) is 4.62. The summed E-state index contributed by atoms with van der Waals surface area (Å²) < 4.78 is 25.5. The number of thiocarbonyl (C=S) groups is 1. The van der Waals surface area contributed by atoms with Crippen molar-refractivity contribution in [2.75, 3.05) is 24.6 Å². The molecular weight excluding hydrogens is 264 g/mol. The van der Waals surface area contributed by atoms with Crippen LogP contribution in [0.4, 0.5) is 0 Å². The van der Waals surface area contributed by atoms with Crippen LogP contribution >= 0.6 is 24.0 Å². The molecule has 1 heterocycles. The highest BCUT2D eigenvalue weighted by Crippen LogP contribution is 2.31. The van der Waals surface area contributed by atoms with E-state index >= 15 is 0 Å². The van der Waals surface area contributed by atoms with Gasteiger partial charge >= 0.3 is 0 Å². The zero-order chi connectivity index (χ0) is 12.4. The van der Waals surface area contributed by atoms with Crippen molar-refractivity contribution >= 4 is 39.0 Å². The average molecular weight is 282 g/mol. The number of hydrogen-bond acceptors (Lipinski definition) is 4. The summed E-state index contributed by atoms with van der Waals surface area (Å²) in [5.41, 5.74) is 5.30. The second kappa shape index (κ2) is 5.20. The highest BCUT2D eigenvalue weighted by molar-refractivity contribution is 8.00. The predicted molar refractivity (Wildman–Crippen MR) is 73.3 cm³/mol. The van der Waals surface area contributed by atoms with E-state index in [1.54, 1.807) is 0 Å². The lowest BCUT2D eigenvalue weighted by molar-refractivity contribution is 0.418. The number of nitrogens with zero attached hydrogens (tertiary/aromatic N) is 1. The van der Waals surface area contributed by atoms with Gasteiger partial charge in [0, 0.05) is 23.6 Å². The summed E-state index contributed by atoms with van der Waals surface area (Å²) in [4.78, 5) is 0.0381. The fourth-order valence-electron chi connectivity index (χ4n) is 1.55. The molecule has 0 atom stereocenters. The van der Waals surface area contributed by atoms with Gasteiger partial charge in [0.1, 0.15) is 5.75 Å². The second-order valence-electron chi connectivity index (χ2n) is 4.48. The first kappa shape index (κ1) is 14.2.